The molecule has 13 heteroatoms. The number of aromatic hydroxyl groups is 1. The van der Waals surface area contributed by atoms with Crippen molar-refractivity contribution in [2.75, 3.05) is 20.3 Å². The van der Waals surface area contributed by atoms with Gasteiger partial charge in [-0.15, -0.1) is 0 Å². The summed E-state index contributed by atoms with van der Waals surface area (Å²) >= 11 is 0. The van der Waals surface area contributed by atoms with Crippen LogP contribution in [-0.2, 0) is 44.5 Å². The van der Waals surface area contributed by atoms with Gasteiger partial charge in [-0.25, -0.2) is 4.79 Å². The summed E-state index contributed by atoms with van der Waals surface area (Å²) in [6, 6.07) is 6.38. The van der Waals surface area contributed by atoms with Crippen molar-refractivity contribution in [2.45, 2.75) is 56.3 Å². The van der Waals surface area contributed by atoms with E-state index in [-0.39, 0.29) is 30.8 Å². The second kappa shape index (κ2) is 13.6. The van der Waals surface area contributed by atoms with Gasteiger partial charge in [0.05, 0.1) is 38.6 Å². The molecular formula is C25H32O13. The fraction of sp³-hybridized carbons (Fsp3) is 0.560. The van der Waals surface area contributed by atoms with E-state index in [0.29, 0.717) is 12.7 Å². The highest BCUT2D eigenvalue weighted by molar-refractivity contribution is 5.90. The van der Waals surface area contributed by atoms with Gasteiger partial charge in [-0.2, -0.15) is 0 Å². The van der Waals surface area contributed by atoms with E-state index in [0.717, 1.165) is 18.9 Å². The maximum Gasteiger partial charge on any atom is 0.337 e. The maximum absolute atomic E-state index is 12.7. The Kier molecular flexibility index (Phi) is 10.6. The number of hydrogen-bond donors (Lipinski definition) is 5. The Bertz CT molecular complexity index is 976. The number of carbonyl (C=O) groups excluding carboxylic acids is 3. The van der Waals surface area contributed by atoms with Crippen LogP contribution in [0.15, 0.2) is 36.1 Å². The fourth-order valence-electron chi connectivity index (χ4n) is 4.34. The first-order chi connectivity index (χ1) is 18.2. The van der Waals surface area contributed by atoms with E-state index >= 15 is 0 Å². The lowest BCUT2D eigenvalue weighted by Gasteiger charge is -2.43. The molecule has 0 saturated carbocycles. The van der Waals surface area contributed by atoms with Crippen LogP contribution in [0.1, 0.15) is 18.4 Å². The molecule has 2 aliphatic heterocycles. The van der Waals surface area contributed by atoms with E-state index in [1.165, 1.54) is 12.1 Å². The summed E-state index contributed by atoms with van der Waals surface area (Å²) < 4.78 is 26.6. The van der Waals surface area contributed by atoms with Crippen LogP contribution in [0, 0.1) is 11.8 Å². The molecule has 0 radical (unpaired) electrons. The zero-order valence-electron chi connectivity index (χ0n) is 20.6. The number of carbonyl (C=O) groups is 3. The van der Waals surface area contributed by atoms with Gasteiger partial charge in [0.15, 0.2) is 6.29 Å². The number of phenolic OH excluding ortho intramolecular Hbond substituents is 1. The van der Waals surface area contributed by atoms with E-state index in [2.05, 4.69) is 0 Å². The summed E-state index contributed by atoms with van der Waals surface area (Å²) in [6.45, 7) is -0.660. The summed E-state index contributed by atoms with van der Waals surface area (Å²) in [5.74, 6) is -3.25. The van der Waals surface area contributed by atoms with Gasteiger partial charge in [0.2, 0.25) is 6.29 Å². The predicted molar refractivity (Wildman–Crippen MR) is 125 cm³/mol. The highest BCUT2D eigenvalue weighted by atomic mass is 16.8. The Morgan fingerprint density at radius 3 is 2.39 bits per heavy atom. The maximum atomic E-state index is 12.7. The van der Waals surface area contributed by atoms with Gasteiger partial charge in [-0.3, -0.25) is 4.79 Å². The number of aliphatic hydroxyl groups excluding tert-OH is 4. The zero-order valence-corrected chi connectivity index (χ0v) is 20.6. The molecule has 0 aliphatic carbocycles. The number of benzene rings is 1. The smallest absolute Gasteiger partial charge is 0.337 e. The third-order valence-corrected chi connectivity index (χ3v) is 6.48. The van der Waals surface area contributed by atoms with Gasteiger partial charge < -0.3 is 54.0 Å². The number of aldehydes is 1. The highest BCUT2D eigenvalue weighted by Gasteiger charge is 2.48. The van der Waals surface area contributed by atoms with Crippen LogP contribution in [0.2, 0.25) is 0 Å². The Morgan fingerprint density at radius 2 is 1.76 bits per heavy atom. The van der Waals surface area contributed by atoms with Gasteiger partial charge in [-0.05, 0) is 17.7 Å². The molecule has 0 amide bonds. The van der Waals surface area contributed by atoms with Gasteiger partial charge in [-0.1, -0.05) is 12.1 Å². The number of hydrogen-bond acceptors (Lipinski definition) is 13. The number of esters is 2. The molecule has 0 spiro atoms. The molecule has 210 valence electrons. The summed E-state index contributed by atoms with van der Waals surface area (Å²) in [5, 5.41) is 49.1. The van der Waals surface area contributed by atoms with Crippen molar-refractivity contribution in [1.82, 2.24) is 0 Å². The lowest BCUT2D eigenvalue weighted by atomic mass is 9.80. The first-order valence-corrected chi connectivity index (χ1v) is 12.0. The standard InChI is InChI=1S/C25H32O13/c1-34-23(33)17-12-36-24(38-25-22(32)21(31)20(30)18(11-27)37-25)15(6-8-26)16(17)10-19(29)35-9-7-13-2-4-14(28)5-3-13/h2-5,8,12,15-16,18,20-22,24-25,27-28,30-32H,6-7,9-11H2,1H3. The zero-order chi connectivity index (χ0) is 27.8. The van der Waals surface area contributed by atoms with Gasteiger partial charge in [0, 0.05) is 24.7 Å². The van der Waals surface area contributed by atoms with Crippen molar-refractivity contribution < 1.29 is 63.6 Å². The molecule has 0 aromatic heterocycles. The Balaban J connectivity index is 1.73. The molecule has 0 bridgehead atoms. The van der Waals surface area contributed by atoms with E-state index in [1.54, 1.807) is 12.1 Å². The number of aliphatic hydroxyl groups is 4. The van der Waals surface area contributed by atoms with Gasteiger partial charge in [0.25, 0.3) is 0 Å². The monoisotopic (exact) mass is 540 g/mol. The topological polar surface area (TPSA) is 199 Å². The van der Waals surface area contributed by atoms with Gasteiger partial charge >= 0.3 is 11.9 Å². The minimum Gasteiger partial charge on any atom is -0.508 e. The summed E-state index contributed by atoms with van der Waals surface area (Å²) in [4.78, 5) is 36.7. The van der Waals surface area contributed by atoms with E-state index in [9.17, 15) is 39.9 Å². The number of methoxy groups -OCH3 is 1. The van der Waals surface area contributed by atoms with Crippen LogP contribution in [0.25, 0.3) is 0 Å². The van der Waals surface area contributed by atoms with Crippen molar-refractivity contribution in [3.8, 4) is 5.75 Å². The first-order valence-electron chi connectivity index (χ1n) is 12.0. The Morgan fingerprint density at radius 1 is 1.05 bits per heavy atom. The lowest BCUT2D eigenvalue weighted by molar-refractivity contribution is -0.341. The van der Waals surface area contributed by atoms with Crippen LogP contribution in [-0.4, -0.2) is 101 Å². The van der Waals surface area contributed by atoms with E-state index < -0.39 is 67.4 Å². The SMILES string of the molecule is COC(=O)C1=COC(OC2OC(CO)C(O)C(O)C2O)C(CC=O)C1CC(=O)OCCc1ccc(O)cc1. The molecule has 2 aliphatic rings. The molecular weight excluding hydrogens is 508 g/mol. The molecule has 3 rings (SSSR count). The normalized spacial score (nSPS) is 31.0. The molecule has 1 aromatic carbocycles. The number of rotatable bonds is 11. The van der Waals surface area contributed by atoms with Crippen molar-refractivity contribution in [2.24, 2.45) is 11.8 Å². The van der Waals surface area contributed by atoms with Crippen LogP contribution in [0.5, 0.6) is 5.75 Å². The van der Waals surface area contributed by atoms with Gasteiger partial charge in [0.1, 0.15) is 36.5 Å². The quantitative estimate of drug-likeness (QED) is 0.168. The van der Waals surface area contributed by atoms with Crippen LogP contribution in [0.3, 0.4) is 0 Å². The fourth-order valence-corrected chi connectivity index (χ4v) is 4.34. The third-order valence-electron chi connectivity index (χ3n) is 6.48. The van der Waals surface area contributed by atoms with Crippen molar-refractivity contribution >= 4 is 18.2 Å². The molecule has 1 saturated heterocycles. The van der Waals surface area contributed by atoms with E-state index in [1.807, 2.05) is 0 Å². The molecule has 1 fully saturated rings. The average Bonchev–Trinajstić information content (AvgIpc) is 2.91. The first kappa shape index (κ1) is 29.5. The number of phenols is 1. The highest BCUT2D eigenvalue weighted by Crippen LogP contribution is 2.38. The predicted octanol–water partition coefficient (Wildman–Crippen LogP) is -1.08. The van der Waals surface area contributed by atoms with Crippen molar-refractivity contribution in [3.63, 3.8) is 0 Å². The average molecular weight is 541 g/mol. The molecule has 13 nitrogen and oxygen atoms in total. The van der Waals surface area contributed by atoms with E-state index in [4.69, 9.17) is 23.7 Å². The second-order valence-electron chi connectivity index (χ2n) is 8.92. The van der Waals surface area contributed by atoms with Crippen LogP contribution >= 0.6 is 0 Å². The van der Waals surface area contributed by atoms with Crippen molar-refractivity contribution in [1.29, 1.82) is 0 Å². The Hall–Kier alpha value is -3.07. The molecule has 2 heterocycles. The minimum atomic E-state index is -1.73. The van der Waals surface area contributed by atoms with Crippen LogP contribution < -0.4 is 0 Å². The lowest BCUT2D eigenvalue weighted by Crippen LogP contribution is -2.60. The summed E-state index contributed by atoms with van der Waals surface area (Å²) in [5.41, 5.74) is 0.784. The Labute approximate surface area is 218 Å². The minimum absolute atomic E-state index is 0.0211. The number of ether oxygens (including phenoxy) is 5. The molecule has 8 unspecified atom stereocenters. The molecule has 38 heavy (non-hydrogen) atoms. The largest absolute Gasteiger partial charge is 0.508 e. The molecule has 8 atom stereocenters. The third kappa shape index (κ3) is 7.07. The molecule has 5 N–H and O–H groups in total. The molecule has 1 aromatic rings. The van der Waals surface area contributed by atoms with Crippen molar-refractivity contribution in [3.05, 3.63) is 41.7 Å². The second-order valence-corrected chi connectivity index (χ2v) is 8.92. The summed E-state index contributed by atoms with van der Waals surface area (Å²) in [7, 11) is 1.14. The van der Waals surface area contributed by atoms with Crippen LogP contribution in [0.4, 0.5) is 0 Å². The summed E-state index contributed by atoms with van der Waals surface area (Å²) in [6.07, 6.45) is -7.83.